The summed E-state index contributed by atoms with van der Waals surface area (Å²) in [4.78, 5) is 12.5. The molecular weight excluding hydrogens is 502 g/mol. The van der Waals surface area contributed by atoms with E-state index in [0.717, 1.165) is 29.4 Å². The number of phenols is 1. The molecule has 0 unspecified atom stereocenters. The molecule has 9 nitrogen and oxygen atoms in total. The molecule has 1 aliphatic rings. The maximum absolute atomic E-state index is 12.5. The third-order valence-corrected chi connectivity index (χ3v) is 7.20. The molecule has 1 saturated carbocycles. The Morgan fingerprint density at radius 3 is 2.53 bits per heavy atom. The zero-order valence-corrected chi connectivity index (χ0v) is 21.7. The molecule has 36 heavy (non-hydrogen) atoms. The topological polar surface area (TPSA) is 113 Å². The number of rotatable bonds is 9. The van der Waals surface area contributed by atoms with Crippen molar-refractivity contribution in [3.63, 3.8) is 0 Å². The van der Waals surface area contributed by atoms with E-state index in [2.05, 4.69) is 25.3 Å². The smallest absolute Gasteiger partial charge is 0.337 e. The van der Waals surface area contributed by atoms with Gasteiger partial charge in [0.2, 0.25) is 5.75 Å². The summed E-state index contributed by atoms with van der Waals surface area (Å²) in [5.41, 5.74) is 4.14. The number of amides is 1. The fraction of sp³-hybridized carbons (Fsp3) is 0.360. The number of benzene rings is 2. The summed E-state index contributed by atoms with van der Waals surface area (Å²) >= 11 is 7.44. The number of thioether (sulfide) groups is 1. The lowest BCUT2D eigenvalue weighted by atomic mass is 9.95. The number of H-pyrrole nitrogens is 1. The maximum atomic E-state index is 12.5. The number of hydrogen-bond donors (Lipinski definition) is 3. The van der Waals surface area contributed by atoms with Gasteiger partial charge in [-0.3, -0.25) is 4.79 Å². The zero-order chi connectivity index (χ0) is 25.5. The van der Waals surface area contributed by atoms with Gasteiger partial charge in [0.1, 0.15) is 0 Å². The summed E-state index contributed by atoms with van der Waals surface area (Å²) in [6, 6.07) is 11.2. The summed E-state index contributed by atoms with van der Waals surface area (Å²) in [6.45, 7) is 0. The van der Waals surface area contributed by atoms with Crippen LogP contribution in [0.2, 0.25) is 5.02 Å². The molecule has 0 aliphatic heterocycles. The third-order valence-electron chi connectivity index (χ3n) is 6.00. The fourth-order valence-corrected chi connectivity index (χ4v) is 5.17. The number of phenolic OH excluding ortho intramolecular Hbond substituents is 1. The van der Waals surface area contributed by atoms with Crippen molar-refractivity contribution in [3.8, 4) is 28.6 Å². The number of halogens is 1. The highest BCUT2D eigenvalue weighted by Crippen LogP contribution is 2.36. The van der Waals surface area contributed by atoms with E-state index in [1.807, 2.05) is 24.3 Å². The number of carbonyl (C=O) groups is 1. The van der Waals surface area contributed by atoms with Gasteiger partial charge >= 0.3 is 5.16 Å². The van der Waals surface area contributed by atoms with Crippen LogP contribution < -0.4 is 19.5 Å². The van der Waals surface area contributed by atoms with Crippen LogP contribution in [0.5, 0.6) is 17.2 Å². The van der Waals surface area contributed by atoms with Crippen LogP contribution in [0.15, 0.2) is 46.7 Å². The molecule has 0 atom stereocenters. The minimum Gasteiger partial charge on any atom is -0.502 e. The second-order valence-electron chi connectivity index (χ2n) is 8.38. The highest BCUT2D eigenvalue weighted by Gasteiger charge is 2.30. The van der Waals surface area contributed by atoms with Gasteiger partial charge in [-0.05, 0) is 73.8 Å². The van der Waals surface area contributed by atoms with Gasteiger partial charge in [0.05, 0.1) is 42.9 Å². The number of ether oxygens (including phenoxy) is 2. The lowest BCUT2D eigenvalue weighted by molar-refractivity contribution is -0.749. The summed E-state index contributed by atoms with van der Waals surface area (Å²) < 4.78 is 12.5. The quantitative estimate of drug-likeness (QED) is 0.163. The molecular formula is C25H29ClN5O4S+. The minimum absolute atomic E-state index is 0.0965. The lowest BCUT2D eigenvalue weighted by Gasteiger charge is -2.21. The van der Waals surface area contributed by atoms with Gasteiger partial charge < -0.3 is 14.6 Å². The van der Waals surface area contributed by atoms with Crippen molar-refractivity contribution in [1.82, 2.24) is 15.6 Å². The number of aromatic hydroxyl groups is 1. The second-order valence-corrected chi connectivity index (χ2v) is 9.76. The van der Waals surface area contributed by atoms with Gasteiger partial charge in [0.15, 0.2) is 11.5 Å². The molecule has 3 aromatic rings. The Balaban J connectivity index is 1.44. The van der Waals surface area contributed by atoms with Crippen molar-refractivity contribution in [1.29, 1.82) is 0 Å². The third kappa shape index (κ3) is 6.11. The number of nitrogens with zero attached hydrogens (tertiary/aromatic N) is 3. The predicted octanol–water partition coefficient (Wildman–Crippen LogP) is 4.49. The van der Waals surface area contributed by atoms with E-state index < -0.39 is 0 Å². The number of aromatic nitrogens is 3. The normalized spacial score (nSPS) is 14.2. The average Bonchev–Trinajstić information content (AvgIpc) is 3.33. The number of methoxy groups -OCH3 is 2. The van der Waals surface area contributed by atoms with Crippen LogP contribution in [0.4, 0.5) is 0 Å². The van der Waals surface area contributed by atoms with Crippen LogP contribution in [0.1, 0.15) is 43.7 Å². The molecule has 1 aliphatic carbocycles. The molecule has 11 heteroatoms. The lowest BCUT2D eigenvalue weighted by Crippen LogP contribution is -2.43. The van der Waals surface area contributed by atoms with E-state index in [1.54, 1.807) is 12.1 Å². The highest BCUT2D eigenvalue weighted by molar-refractivity contribution is 7.99. The molecule has 1 aromatic heterocycles. The molecule has 3 N–H and O–H groups in total. The van der Waals surface area contributed by atoms with Gasteiger partial charge in [-0.1, -0.05) is 18.0 Å². The maximum Gasteiger partial charge on any atom is 0.337 e. The van der Waals surface area contributed by atoms with Crippen molar-refractivity contribution in [2.24, 2.45) is 5.10 Å². The number of aromatic amines is 1. The largest absolute Gasteiger partial charge is 0.502 e. The first-order valence-corrected chi connectivity index (χ1v) is 13.0. The van der Waals surface area contributed by atoms with Crippen LogP contribution in [-0.4, -0.2) is 47.4 Å². The molecule has 190 valence electrons. The Labute approximate surface area is 218 Å². The van der Waals surface area contributed by atoms with Crippen LogP contribution in [-0.2, 0) is 4.79 Å². The molecule has 1 heterocycles. The Morgan fingerprint density at radius 1 is 1.22 bits per heavy atom. The molecule has 0 radical (unpaired) electrons. The van der Waals surface area contributed by atoms with E-state index in [-0.39, 0.29) is 28.9 Å². The van der Waals surface area contributed by atoms with Crippen molar-refractivity contribution in [3.05, 3.63) is 47.0 Å². The standard InChI is InChI=1S/C25H28ClN5O4S/c1-34-20-12-16(13-21(35-2)23(20)33)14-27-28-22(32)15-36-25-30-29-24(17-8-10-18(26)11-9-17)31(25)19-6-4-3-5-7-19/h8-14,19H,3-7,15H2,1-2H3,(H2,27,28,32,33)/p+1. The van der Waals surface area contributed by atoms with Crippen LogP contribution in [0.3, 0.4) is 0 Å². The van der Waals surface area contributed by atoms with Crippen molar-refractivity contribution in [2.75, 3.05) is 20.0 Å². The molecule has 0 bridgehead atoms. The Bertz CT molecular complexity index is 1200. The first-order valence-electron chi connectivity index (χ1n) is 11.7. The molecule has 1 amide bonds. The van der Waals surface area contributed by atoms with E-state index in [0.29, 0.717) is 16.6 Å². The fourth-order valence-electron chi connectivity index (χ4n) is 4.22. The SMILES string of the molecule is COc1cc(C=NNC(=O)CSc2n[nH]c(-c3ccc(Cl)cc3)[n+]2C2CCCCC2)cc(OC)c1O. The number of hydrogen-bond acceptors (Lipinski definition) is 7. The van der Waals surface area contributed by atoms with Crippen molar-refractivity contribution in [2.45, 2.75) is 43.3 Å². The van der Waals surface area contributed by atoms with E-state index >= 15 is 0 Å². The van der Waals surface area contributed by atoms with Gasteiger partial charge in [-0.25, -0.2) is 9.99 Å². The Morgan fingerprint density at radius 2 is 1.89 bits per heavy atom. The van der Waals surface area contributed by atoms with Crippen LogP contribution >= 0.6 is 23.4 Å². The molecule has 0 saturated heterocycles. The molecule has 0 spiro atoms. The number of hydrazone groups is 1. The monoisotopic (exact) mass is 530 g/mol. The predicted molar refractivity (Wildman–Crippen MR) is 139 cm³/mol. The second kappa shape index (κ2) is 12.1. The summed E-state index contributed by atoms with van der Waals surface area (Å²) in [7, 11) is 2.89. The minimum atomic E-state index is -0.264. The van der Waals surface area contributed by atoms with Crippen molar-refractivity contribution < 1.29 is 23.9 Å². The van der Waals surface area contributed by atoms with Gasteiger partial charge in [-0.15, -0.1) is 5.10 Å². The molecule has 1 fully saturated rings. The zero-order valence-electron chi connectivity index (χ0n) is 20.2. The number of nitrogens with one attached hydrogen (secondary N) is 2. The average molecular weight is 531 g/mol. The molecule has 2 aromatic carbocycles. The van der Waals surface area contributed by atoms with E-state index in [4.69, 9.17) is 21.1 Å². The van der Waals surface area contributed by atoms with Gasteiger partial charge in [0.25, 0.3) is 11.7 Å². The van der Waals surface area contributed by atoms with Crippen LogP contribution in [0, 0.1) is 0 Å². The number of carbonyl (C=O) groups excluding carboxylic acids is 1. The highest BCUT2D eigenvalue weighted by atomic mass is 35.5. The summed E-state index contributed by atoms with van der Waals surface area (Å²) in [6.07, 6.45) is 7.21. The summed E-state index contributed by atoms with van der Waals surface area (Å²) in [5, 5.41) is 23.2. The van der Waals surface area contributed by atoms with E-state index in [1.165, 1.54) is 51.5 Å². The Hall–Kier alpha value is -3.24. The first-order chi connectivity index (χ1) is 17.5. The van der Waals surface area contributed by atoms with Gasteiger partial charge in [-0.2, -0.15) is 5.10 Å². The van der Waals surface area contributed by atoms with E-state index in [9.17, 15) is 9.90 Å². The van der Waals surface area contributed by atoms with Gasteiger partial charge in [0, 0.05) is 10.6 Å². The Kier molecular flexibility index (Phi) is 8.71. The molecule has 4 rings (SSSR count). The first kappa shape index (κ1) is 25.8. The van der Waals surface area contributed by atoms with Crippen molar-refractivity contribution >= 4 is 35.5 Å². The summed E-state index contributed by atoms with van der Waals surface area (Å²) in [5.74, 6) is 1.20. The van der Waals surface area contributed by atoms with Crippen LogP contribution in [0.25, 0.3) is 11.4 Å².